The van der Waals surface area contributed by atoms with Crippen LogP contribution in [0.3, 0.4) is 0 Å². The second-order valence-electron chi connectivity index (χ2n) is 5.54. The maximum absolute atomic E-state index is 12.8. The fraction of sp³-hybridized carbons (Fsp3) is 0.353. The van der Waals surface area contributed by atoms with E-state index in [2.05, 4.69) is 11.2 Å². The topological polar surface area (TPSA) is 75.7 Å². The molecule has 0 bridgehead atoms. The van der Waals surface area contributed by atoms with E-state index in [0.717, 1.165) is 17.0 Å². The molecule has 1 aromatic rings. The molecule has 0 spiro atoms. The summed E-state index contributed by atoms with van der Waals surface area (Å²) in [6.45, 7) is -0.679. The van der Waals surface area contributed by atoms with Crippen molar-refractivity contribution in [2.45, 2.75) is 12.6 Å². The highest BCUT2D eigenvalue weighted by Crippen LogP contribution is 2.33. The lowest BCUT2D eigenvalue weighted by molar-refractivity contribution is -0.152. The summed E-state index contributed by atoms with van der Waals surface area (Å²) < 4.78 is 43.2. The molecule has 6 nitrogen and oxygen atoms in total. The highest BCUT2D eigenvalue weighted by molar-refractivity contribution is 5.99. The summed E-state index contributed by atoms with van der Waals surface area (Å²) in [6, 6.07) is 4.28. The Morgan fingerprint density at radius 3 is 2.77 bits per heavy atom. The quantitative estimate of drug-likeness (QED) is 0.629. The molecule has 1 heterocycles. The maximum atomic E-state index is 12.8. The van der Waals surface area contributed by atoms with Crippen LogP contribution in [0.25, 0.3) is 0 Å². The van der Waals surface area contributed by atoms with Gasteiger partial charge in [-0.25, -0.2) is 0 Å². The number of terminal acetylenes is 1. The molecule has 1 N–H and O–H groups in total. The van der Waals surface area contributed by atoms with Crippen LogP contribution < -0.4 is 10.2 Å². The molecule has 26 heavy (non-hydrogen) atoms. The van der Waals surface area contributed by atoms with Crippen molar-refractivity contribution in [1.82, 2.24) is 5.32 Å². The Balaban J connectivity index is 1.99. The summed E-state index contributed by atoms with van der Waals surface area (Å²) in [5.41, 5.74) is -0.842. The van der Waals surface area contributed by atoms with Gasteiger partial charge < -0.3 is 15.0 Å². The van der Waals surface area contributed by atoms with E-state index >= 15 is 0 Å². The standard InChI is InChI=1S/C17H15F3N2O4/c1-2-6-21-14(23)10-26-16(25)11-7-15(24)22(9-11)13-5-3-4-12(8-13)17(18,19)20/h1,3-5,8,11H,6-7,9-10H2,(H,21,23)/t11-/m0/s1. The van der Waals surface area contributed by atoms with E-state index in [1.165, 1.54) is 12.1 Å². The van der Waals surface area contributed by atoms with Crippen molar-refractivity contribution in [1.29, 1.82) is 0 Å². The van der Waals surface area contributed by atoms with Gasteiger partial charge in [-0.2, -0.15) is 13.2 Å². The molecule has 0 radical (unpaired) electrons. The number of hydrogen-bond acceptors (Lipinski definition) is 4. The Morgan fingerprint density at radius 2 is 2.12 bits per heavy atom. The summed E-state index contributed by atoms with van der Waals surface area (Å²) in [4.78, 5) is 36.5. The number of rotatable bonds is 5. The minimum absolute atomic E-state index is 0.0123. The molecular formula is C17H15F3N2O4. The van der Waals surface area contributed by atoms with Crippen molar-refractivity contribution < 1.29 is 32.3 Å². The first kappa shape index (κ1) is 19.3. The summed E-state index contributed by atoms with van der Waals surface area (Å²) in [7, 11) is 0. The van der Waals surface area contributed by atoms with Crippen molar-refractivity contribution in [3.8, 4) is 12.3 Å². The van der Waals surface area contributed by atoms with Gasteiger partial charge in [-0.3, -0.25) is 14.4 Å². The first-order valence-electron chi connectivity index (χ1n) is 7.56. The molecule has 0 aliphatic carbocycles. The van der Waals surface area contributed by atoms with E-state index in [1.54, 1.807) is 0 Å². The molecule has 2 rings (SSSR count). The number of nitrogens with one attached hydrogen (secondary N) is 1. The lowest BCUT2D eigenvalue weighted by Crippen LogP contribution is -2.31. The Bertz CT molecular complexity index is 755. The molecule has 1 saturated heterocycles. The number of alkyl halides is 3. The third-order valence-electron chi connectivity index (χ3n) is 3.68. The molecule has 1 aliphatic heterocycles. The number of halogens is 3. The molecule has 1 aromatic carbocycles. The van der Waals surface area contributed by atoms with Gasteiger partial charge >= 0.3 is 12.1 Å². The smallest absolute Gasteiger partial charge is 0.416 e. The van der Waals surface area contributed by atoms with Crippen LogP contribution >= 0.6 is 0 Å². The fourth-order valence-corrected chi connectivity index (χ4v) is 2.42. The number of nitrogens with zero attached hydrogens (tertiary/aromatic N) is 1. The third-order valence-corrected chi connectivity index (χ3v) is 3.68. The molecule has 1 fully saturated rings. The van der Waals surface area contributed by atoms with Gasteiger partial charge in [-0.15, -0.1) is 6.42 Å². The molecule has 0 aromatic heterocycles. The van der Waals surface area contributed by atoms with E-state index in [9.17, 15) is 27.6 Å². The molecule has 0 unspecified atom stereocenters. The van der Waals surface area contributed by atoms with E-state index in [1.807, 2.05) is 0 Å². The zero-order valence-electron chi connectivity index (χ0n) is 13.5. The van der Waals surface area contributed by atoms with Crippen LogP contribution in [-0.4, -0.2) is 37.5 Å². The van der Waals surface area contributed by atoms with E-state index < -0.39 is 42.0 Å². The Kier molecular flexibility index (Phi) is 5.87. The minimum atomic E-state index is -4.54. The lowest BCUT2D eigenvalue weighted by Gasteiger charge is -2.18. The van der Waals surface area contributed by atoms with Gasteiger partial charge in [0.15, 0.2) is 6.61 Å². The second kappa shape index (κ2) is 7.91. The highest BCUT2D eigenvalue weighted by atomic mass is 19.4. The number of hydrogen-bond donors (Lipinski definition) is 1. The van der Waals surface area contributed by atoms with Crippen LogP contribution in [0.2, 0.25) is 0 Å². The van der Waals surface area contributed by atoms with Crippen LogP contribution in [0.15, 0.2) is 24.3 Å². The van der Waals surface area contributed by atoms with Gasteiger partial charge in [0.25, 0.3) is 5.91 Å². The average molecular weight is 368 g/mol. The Hall–Kier alpha value is -3.02. The SMILES string of the molecule is C#CCNC(=O)COC(=O)[C@H]1CC(=O)N(c2cccc(C(F)(F)F)c2)C1. The molecular weight excluding hydrogens is 353 g/mol. The second-order valence-corrected chi connectivity index (χ2v) is 5.54. The van der Waals surface area contributed by atoms with Crippen molar-refractivity contribution in [3.05, 3.63) is 29.8 Å². The molecule has 0 saturated carbocycles. The number of ether oxygens (including phenoxy) is 1. The Labute approximate surface area is 147 Å². The first-order valence-corrected chi connectivity index (χ1v) is 7.56. The predicted octanol–water partition coefficient (Wildman–Crippen LogP) is 1.35. The summed E-state index contributed by atoms with van der Waals surface area (Å²) >= 11 is 0. The predicted molar refractivity (Wildman–Crippen MR) is 84.7 cm³/mol. The normalized spacial score (nSPS) is 16.9. The van der Waals surface area contributed by atoms with Crippen LogP contribution in [-0.2, 0) is 25.3 Å². The van der Waals surface area contributed by atoms with Gasteiger partial charge in [0.05, 0.1) is 18.0 Å². The van der Waals surface area contributed by atoms with Gasteiger partial charge in [0, 0.05) is 18.7 Å². The average Bonchev–Trinajstić information content (AvgIpc) is 2.99. The third kappa shape index (κ3) is 4.75. The van der Waals surface area contributed by atoms with Gasteiger partial charge in [0.1, 0.15) is 0 Å². The van der Waals surface area contributed by atoms with Crippen LogP contribution in [0, 0.1) is 18.3 Å². The molecule has 2 amide bonds. The van der Waals surface area contributed by atoms with Crippen LogP contribution in [0.1, 0.15) is 12.0 Å². The number of benzene rings is 1. The van der Waals surface area contributed by atoms with Crippen molar-refractivity contribution in [3.63, 3.8) is 0 Å². The van der Waals surface area contributed by atoms with Gasteiger partial charge in [0.2, 0.25) is 5.91 Å². The number of carbonyl (C=O) groups excluding carboxylic acids is 3. The summed E-state index contributed by atoms with van der Waals surface area (Å²) in [5, 5.41) is 2.31. The monoisotopic (exact) mass is 368 g/mol. The largest absolute Gasteiger partial charge is 0.455 e. The first-order chi connectivity index (χ1) is 12.2. The van der Waals surface area contributed by atoms with Crippen molar-refractivity contribution in [2.75, 3.05) is 24.6 Å². The number of esters is 1. The molecule has 1 atom stereocenters. The molecule has 138 valence electrons. The van der Waals surface area contributed by atoms with E-state index in [0.29, 0.717) is 0 Å². The maximum Gasteiger partial charge on any atom is 0.416 e. The van der Waals surface area contributed by atoms with Crippen LogP contribution in [0.5, 0.6) is 0 Å². The van der Waals surface area contributed by atoms with Crippen molar-refractivity contribution in [2.24, 2.45) is 5.92 Å². The fourth-order valence-electron chi connectivity index (χ4n) is 2.42. The van der Waals surface area contributed by atoms with Gasteiger partial charge in [-0.05, 0) is 18.2 Å². The van der Waals surface area contributed by atoms with Crippen LogP contribution in [0.4, 0.5) is 18.9 Å². The lowest BCUT2D eigenvalue weighted by atomic mass is 10.1. The summed E-state index contributed by atoms with van der Waals surface area (Å²) in [6.07, 6.45) is 0.224. The zero-order valence-corrected chi connectivity index (χ0v) is 13.5. The Morgan fingerprint density at radius 1 is 1.38 bits per heavy atom. The van der Waals surface area contributed by atoms with E-state index in [4.69, 9.17) is 11.2 Å². The minimum Gasteiger partial charge on any atom is -0.455 e. The zero-order chi connectivity index (χ0) is 19.3. The number of amides is 2. The van der Waals surface area contributed by atoms with Crippen molar-refractivity contribution >= 4 is 23.5 Å². The van der Waals surface area contributed by atoms with Gasteiger partial charge in [-0.1, -0.05) is 12.0 Å². The highest BCUT2D eigenvalue weighted by Gasteiger charge is 2.37. The summed E-state index contributed by atoms with van der Waals surface area (Å²) in [5.74, 6) is -0.540. The molecule has 1 aliphatic rings. The number of anilines is 1. The molecule has 9 heteroatoms. The van der Waals surface area contributed by atoms with E-state index in [-0.39, 0.29) is 25.2 Å². The number of carbonyl (C=O) groups is 3.